The van der Waals surface area contributed by atoms with Crippen LogP contribution in [-0.4, -0.2) is 16.6 Å². The van der Waals surface area contributed by atoms with Crippen molar-refractivity contribution in [3.8, 4) is 0 Å². The summed E-state index contributed by atoms with van der Waals surface area (Å²) in [5.74, 6) is 0.0834. The van der Waals surface area contributed by atoms with Gasteiger partial charge in [-0.1, -0.05) is 46.3 Å². The Morgan fingerprint density at radius 1 is 1.00 bits per heavy atom. The maximum absolute atomic E-state index is 12.3. The molecule has 0 aliphatic heterocycles. The summed E-state index contributed by atoms with van der Waals surface area (Å²) in [6, 6.07) is 21.0. The minimum Gasteiger partial charge on any atom is -0.339 e. The Labute approximate surface area is 143 Å². The van der Waals surface area contributed by atoms with Crippen LogP contribution in [0.4, 0.5) is 5.69 Å². The van der Waals surface area contributed by atoms with Gasteiger partial charge in [0, 0.05) is 16.2 Å². The predicted octanol–water partition coefficient (Wildman–Crippen LogP) is 4.88. The number of aromatic nitrogens is 1. The van der Waals surface area contributed by atoms with E-state index >= 15 is 0 Å². The number of carbonyl (C=O) groups is 1. The molecular formula is C19H15BrN2O. The van der Waals surface area contributed by atoms with Crippen molar-refractivity contribution in [3.63, 3.8) is 0 Å². The number of ketones is 1. The van der Waals surface area contributed by atoms with E-state index in [0.29, 0.717) is 6.54 Å². The summed E-state index contributed by atoms with van der Waals surface area (Å²) in [4.78, 5) is 16.8. The number of aliphatic imine (C=N–C) groups is 1. The smallest absolute Gasteiger partial charge is 0.182 e. The minimum absolute atomic E-state index is 0.0834. The third-order valence-electron chi connectivity index (χ3n) is 3.45. The van der Waals surface area contributed by atoms with Gasteiger partial charge in [0.25, 0.3) is 0 Å². The van der Waals surface area contributed by atoms with Crippen molar-refractivity contribution in [2.75, 3.05) is 0 Å². The molecule has 3 aromatic rings. The molecule has 0 bridgehead atoms. The highest BCUT2D eigenvalue weighted by molar-refractivity contribution is 9.10. The van der Waals surface area contributed by atoms with E-state index in [4.69, 9.17) is 0 Å². The first-order chi connectivity index (χ1) is 11.2. The Balaban J connectivity index is 1.74. The number of carbonyl (C=O) groups excluding carboxylic acids is 1. The summed E-state index contributed by atoms with van der Waals surface area (Å²) in [7, 11) is 0. The van der Waals surface area contributed by atoms with Gasteiger partial charge < -0.3 is 4.57 Å². The van der Waals surface area contributed by atoms with E-state index in [1.54, 1.807) is 6.21 Å². The Hall–Kier alpha value is -2.46. The lowest BCUT2D eigenvalue weighted by Gasteiger charge is -2.05. The summed E-state index contributed by atoms with van der Waals surface area (Å²) >= 11 is 3.40. The zero-order valence-electron chi connectivity index (χ0n) is 12.4. The zero-order valence-corrected chi connectivity index (χ0v) is 14.0. The second kappa shape index (κ2) is 7.20. The first kappa shape index (κ1) is 15.4. The summed E-state index contributed by atoms with van der Waals surface area (Å²) in [6.45, 7) is 0.304. The number of hydrogen-bond acceptors (Lipinski definition) is 2. The number of nitrogens with zero attached hydrogens (tertiary/aromatic N) is 2. The van der Waals surface area contributed by atoms with Gasteiger partial charge in [0.1, 0.15) is 0 Å². The van der Waals surface area contributed by atoms with Crippen LogP contribution in [0, 0.1) is 0 Å². The highest BCUT2D eigenvalue weighted by Gasteiger charge is 2.07. The summed E-state index contributed by atoms with van der Waals surface area (Å²) in [5.41, 5.74) is 2.49. The van der Waals surface area contributed by atoms with E-state index in [-0.39, 0.29) is 5.78 Å². The van der Waals surface area contributed by atoms with Crippen LogP contribution in [0.25, 0.3) is 0 Å². The molecule has 0 radical (unpaired) electrons. The van der Waals surface area contributed by atoms with Crippen LogP contribution < -0.4 is 0 Å². The molecule has 0 aliphatic rings. The molecule has 3 rings (SSSR count). The zero-order chi connectivity index (χ0) is 16.1. The summed E-state index contributed by atoms with van der Waals surface area (Å²) in [6.07, 6.45) is 3.67. The van der Waals surface area contributed by atoms with Gasteiger partial charge in [-0.25, -0.2) is 0 Å². The molecule has 0 saturated carbocycles. The van der Waals surface area contributed by atoms with Crippen molar-refractivity contribution in [2.45, 2.75) is 6.54 Å². The third-order valence-corrected chi connectivity index (χ3v) is 3.98. The molecule has 3 nitrogen and oxygen atoms in total. The highest BCUT2D eigenvalue weighted by atomic mass is 79.9. The number of Topliss-reactive ketones (excluding diaryl/α,β-unsaturated/α-hetero) is 1. The Morgan fingerprint density at radius 2 is 1.74 bits per heavy atom. The van der Waals surface area contributed by atoms with Gasteiger partial charge >= 0.3 is 0 Å². The molecule has 0 fully saturated rings. The van der Waals surface area contributed by atoms with Crippen molar-refractivity contribution in [2.24, 2.45) is 4.99 Å². The Bertz CT molecular complexity index is 820. The first-order valence-electron chi connectivity index (χ1n) is 7.25. The molecule has 0 saturated heterocycles. The molecule has 2 aromatic carbocycles. The van der Waals surface area contributed by atoms with Crippen LogP contribution in [0.1, 0.15) is 16.1 Å². The van der Waals surface area contributed by atoms with E-state index in [0.717, 1.165) is 21.4 Å². The van der Waals surface area contributed by atoms with E-state index < -0.39 is 0 Å². The first-order valence-corrected chi connectivity index (χ1v) is 8.05. The predicted molar refractivity (Wildman–Crippen MR) is 96.6 cm³/mol. The van der Waals surface area contributed by atoms with Crippen LogP contribution in [0.15, 0.2) is 82.4 Å². The standard InChI is InChI=1S/C19H15BrN2O/c20-16-8-10-17(11-9-16)21-13-18-7-4-12-22(18)14-19(23)15-5-2-1-3-6-15/h1-13H,14H2. The van der Waals surface area contributed by atoms with Gasteiger partial charge in [0.05, 0.1) is 24.1 Å². The average molecular weight is 367 g/mol. The molecule has 1 heterocycles. The van der Waals surface area contributed by atoms with Gasteiger partial charge in [-0.2, -0.15) is 0 Å². The molecule has 1 aromatic heterocycles. The van der Waals surface area contributed by atoms with Gasteiger partial charge in [-0.3, -0.25) is 9.79 Å². The second-order valence-corrected chi connectivity index (χ2v) is 6.00. The fourth-order valence-electron chi connectivity index (χ4n) is 2.23. The van der Waals surface area contributed by atoms with E-state index in [1.165, 1.54) is 0 Å². The molecule has 0 atom stereocenters. The normalized spacial score (nSPS) is 11.0. The minimum atomic E-state index is 0.0834. The van der Waals surface area contributed by atoms with Crippen LogP contribution in [0.2, 0.25) is 0 Å². The lowest BCUT2D eigenvalue weighted by atomic mass is 10.1. The molecule has 0 aliphatic carbocycles. The maximum atomic E-state index is 12.3. The number of hydrogen-bond donors (Lipinski definition) is 0. The van der Waals surface area contributed by atoms with Crippen molar-refractivity contribution in [3.05, 3.63) is 88.7 Å². The lowest BCUT2D eigenvalue weighted by Crippen LogP contribution is -2.11. The van der Waals surface area contributed by atoms with Gasteiger partial charge in [-0.05, 0) is 36.4 Å². The SMILES string of the molecule is O=C(Cn1cccc1C=Nc1ccc(Br)cc1)c1ccccc1. The number of halogens is 1. The molecule has 0 amide bonds. The quantitative estimate of drug-likeness (QED) is 0.467. The summed E-state index contributed by atoms with van der Waals surface area (Å²) < 4.78 is 2.92. The lowest BCUT2D eigenvalue weighted by molar-refractivity contribution is 0.0972. The molecule has 114 valence electrons. The van der Waals surface area contributed by atoms with Crippen LogP contribution >= 0.6 is 15.9 Å². The van der Waals surface area contributed by atoms with Gasteiger partial charge in [-0.15, -0.1) is 0 Å². The molecule has 0 N–H and O–H groups in total. The topological polar surface area (TPSA) is 34.4 Å². The van der Waals surface area contributed by atoms with E-state index in [2.05, 4.69) is 20.9 Å². The van der Waals surface area contributed by atoms with Crippen molar-refractivity contribution in [1.82, 2.24) is 4.57 Å². The maximum Gasteiger partial charge on any atom is 0.182 e. The molecule has 0 spiro atoms. The van der Waals surface area contributed by atoms with Crippen LogP contribution in [0.5, 0.6) is 0 Å². The Kier molecular flexibility index (Phi) is 4.83. The monoisotopic (exact) mass is 366 g/mol. The van der Waals surface area contributed by atoms with E-state index in [9.17, 15) is 4.79 Å². The molecule has 4 heteroatoms. The van der Waals surface area contributed by atoms with Crippen LogP contribution in [0.3, 0.4) is 0 Å². The van der Waals surface area contributed by atoms with Crippen LogP contribution in [-0.2, 0) is 6.54 Å². The highest BCUT2D eigenvalue weighted by Crippen LogP contribution is 2.16. The van der Waals surface area contributed by atoms with Crippen molar-refractivity contribution < 1.29 is 4.79 Å². The largest absolute Gasteiger partial charge is 0.339 e. The molecule has 0 unspecified atom stereocenters. The fraction of sp³-hybridized carbons (Fsp3) is 0.0526. The van der Waals surface area contributed by atoms with Gasteiger partial charge in [0.2, 0.25) is 0 Å². The van der Waals surface area contributed by atoms with Crippen molar-refractivity contribution in [1.29, 1.82) is 0 Å². The third kappa shape index (κ3) is 4.05. The Morgan fingerprint density at radius 3 is 2.48 bits per heavy atom. The summed E-state index contributed by atoms with van der Waals surface area (Å²) in [5, 5.41) is 0. The molecule has 23 heavy (non-hydrogen) atoms. The fourth-order valence-corrected chi connectivity index (χ4v) is 2.49. The number of rotatable bonds is 5. The van der Waals surface area contributed by atoms with Crippen molar-refractivity contribution >= 4 is 33.6 Å². The van der Waals surface area contributed by atoms with E-state index in [1.807, 2.05) is 77.5 Å². The second-order valence-electron chi connectivity index (χ2n) is 5.08. The average Bonchev–Trinajstić information content (AvgIpc) is 3.02. The van der Waals surface area contributed by atoms with Gasteiger partial charge in [0.15, 0.2) is 5.78 Å². The number of benzene rings is 2. The molecular weight excluding hydrogens is 352 g/mol.